The van der Waals surface area contributed by atoms with E-state index in [0.29, 0.717) is 18.9 Å². The molecule has 0 aromatic rings. The first kappa shape index (κ1) is 14.5. The topological polar surface area (TPSA) is 49.8 Å². The van der Waals surface area contributed by atoms with Crippen LogP contribution in [0.5, 0.6) is 0 Å². The zero-order valence-corrected chi connectivity index (χ0v) is 11.6. The Labute approximate surface area is 115 Å². The maximum Gasteiger partial charge on any atom is 0.311 e. The Balaban J connectivity index is 1.94. The van der Waals surface area contributed by atoms with Crippen LogP contribution < -0.4 is 0 Å². The van der Waals surface area contributed by atoms with Crippen molar-refractivity contribution in [3.05, 3.63) is 12.7 Å². The second-order valence-electron chi connectivity index (χ2n) is 5.97. The van der Waals surface area contributed by atoms with Gasteiger partial charge in [-0.15, -0.1) is 6.58 Å². The summed E-state index contributed by atoms with van der Waals surface area (Å²) in [5.41, 5.74) is -0.606. The Morgan fingerprint density at radius 2 is 2.21 bits per heavy atom. The Kier molecular flexibility index (Phi) is 4.99. The highest BCUT2D eigenvalue weighted by Gasteiger charge is 2.41. The maximum atomic E-state index is 11.6. The summed E-state index contributed by atoms with van der Waals surface area (Å²) >= 11 is 0. The second kappa shape index (κ2) is 6.53. The number of allylic oxidation sites excluding steroid dienone is 1. The number of rotatable bonds is 5. The molecule has 2 saturated heterocycles. The molecule has 0 unspecified atom stereocenters. The van der Waals surface area contributed by atoms with Gasteiger partial charge < -0.3 is 14.7 Å². The van der Waals surface area contributed by atoms with Gasteiger partial charge in [0.2, 0.25) is 0 Å². The van der Waals surface area contributed by atoms with Crippen LogP contribution in [0, 0.1) is 11.3 Å². The monoisotopic (exact) mass is 267 g/mol. The van der Waals surface area contributed by atoms with Crippen LogP contribution in [-0.4, -0.2) is 48.8 Å². The lowest BCUT2D eigenvalue weighted by Crippen LogP contribution is -2.49. The predicted molar refractivity (Wildman–Crippen MR) is 74.1 cm³/mol. The minimum absolute atomic E-state index is 0.576. The van der Waals surface area contributed by atoms with Crippen LogP contribution >= 0.6 is 0 Å². The van der Waals surface area contributed by atoms with Gasteiger partial charge >= 0.3 is 5.97 Å². The number of carboxylic acids is 1. The van der Waals surface area contributed by atoms with Crippen molar-refractivity contribution in [3.63, 3.8) is 0 Å². The summed E-state index contributed by atoms with van der Waals surface area (Å²) in [6, 6.07) is 0. The number of hydrogen-bond acceptors (Lipinski definition) is 3. The molecule has 108 valence electrons. The van der Waals surface area contributed by atoms with Crippen molar-refractivity contribution in [2.75, 3.05) is 32.8 Å². The summed E-state index contributed by atoms with van der Waals surface area (Å²) in [5.74, 6) is 0.00570. The highest BCUT2D eigenvalue weighted by Crippen LogP contribution is 2.35. The van der Waals surface area contributed by atoms with E-state index >= 15 is 0 Å². The van der Waals surface area contributed by atoms with E-state index in [1.165, 1.54) is 0 Å². The molecule has 0 saturated carbocycles. The molecule has 0 aliphatic carbocycles. The molecule has 0 radical (unpaired) electrons. The number of ether oxygens (including phenoxy) is 1. The lowest BCUT2D eigenvalue weighted by molar-refractivity contribution is -0.152. The van der Waals surface area contributed by atoms with Crippen molar-refractivity contribution in [1.29, 1.82) is 0 Å². The van der Waals surface area contributed by atoms with E-state index in [2.05, 4.69) is 11.5 Å². The summed E-state index contributed by atoms with van der Waals surface area (Å²) in [6.07, 6.45) is 6.30. The van der Waals surface area contributed by atoms with Crippen LogP contribution in [0.25, 0.3) is 0 Å². The third-order valence-electron chi connectivity index (χ3n) is 4.50. The fraction of sp³-hybridized carbons (Fsp3) is 0.800. The smallest absolute Gasteiger partial charge is 0.311 e. The van der Waals surface area contributed by atoms with E-state index in [1.807, 2.05) is 0 Å². The van der Waals surface area contributed by atoms with Crippen LogP contribution in [-0.2, 0) is 9.53 Å². The standard InChI is InChI=1S/C15H25NO3/c1-2-6-15(14(17)18)7-3-8-16(12-15)11-13-4-9-19-10-5-13/h2,13H,1,3-12H2,(H,17,18)/t15-/m1/s1. The Morgan fingerprint density at radius 1 is 1.47 bits per heavy atom. The zero-order valence-electron chi connectivity index (χ0n) is 11.6. The highest BCUT2D eigenvalue weighted by atomic mass is 16.5. The molecule has 0 aromatic carbocycles. The van der Waals surface area contributed by atoms with Crippen LogP contribution in [0.4, 0.5) is 0 Å². The Morgan fingerprint density at radius 3 is 2.84 bits per heavy atom. The van der Waals surface area contributed by atoms with Gasteiger partial charge in [0, 0.05) is 26.3 Å². The summed E-state index contributed by atoms with van der Waals surface area (Å²) in [7, 11) is 0. The summed E-state index contributed by atoms with van der Waals surface area (Å²) in [6.45, 7) is 8.16. The van der Waals surface area contributed by atoms with E-state index < -0.39 is 11.4 Å². The Hall–Kier alpha value is -0.870. The van der Waals surface area contributed by atoms with Crippen LogP contribution in [0.3, 0.4) is 0 Å². The Bertz CT molecular complexity index is 325. The van der Waals surface area contributed by atoms with Gasteiger partial charge in [-0.1, -0.05) is 6.08 Å². The summed E-state index contributed by atoms with van der Waals surface area (Å²) < 4.78 is 5.38. The molecule has 4 heteroatoms. The van der Waals surface area contributed by atoms with Gasteiger partial charge in [-0.25, -0.2) is 0 Å². The lowest BCUT2D eigenvalue weighted by atomic mass is 9.77. The number of piperidine rings is 1. The number of likely N-dealkylation sites (tertiary alicyclic amines) is 1. The predicted octanol–water partition coefficient (Wildman–Crippen LogP) is 2.16. The number of nitrogens with zero attached hydrogens (tertiary/aromatic N) is 1. The van der Waals surface area contributed by atoms with Crippen LogP contribution in [0.1, 0.15) is 32.1 Å². The summed E-state index contributed by atoms with van der Waals surface area (Å²) in [4.78, 5) is 14.0. The van der Waals surface area contributed by atoms with E-state index in [0.717, 1.165) is 52.0 Å². The second-order valence-corrected chi connectivity index (χ2v) is 5.97. The third kappa shape index (κ3) is 3.57. The molecule has 0 aromatic heterocycles. The summed E-state index contributed by atoms with van der Waals surface area (Å²) in [5, 5.41) is 9.55. The first-order chi connectivity index (χ1) is 9.16. The molecule has 1 atom stereocenters. The molecule has 4 nitrogen and oxygen atoms in total. The van der Waals surface area contributed by atoms with Crippen molar-refractivity contribution in [2.45, 2.75) is 32.1 Å². The van der Waals surface area contributed by atoms with E-state index in [4.69, 9.17) is 4.74 Å². The van der Waals surface area contributed by atoms with Crippen molar-refractivity contribution in [2.24, 2.45) is 11.3 Å². The molecule has 0 spiro atoms. The van der Waals surface area contributed by atoms with Gasteiger partial charge in [-0.3, -0.25) is 4.79 Å². The van der Waals surface area contributed by atoms with Gasteiger partial charge in [0.25, 0.3) is 0 Å². The van der Waals surface area contributed by atoms with Gasteiger partial charge in [-0.05, 0) is 44.6 Å². The minimum atomic E-state index is -0.663. The maximum absolute atomic E-state index is 11.6. The van der Waals surface area contributed by atoms with Gasteiger partial charge in [0.15, 0.2) is 0 Å². The van der Waals surface area contributed by atoms with E-state index in [1.54, 1.807) is 6.08 Å². The van der Waals surface area contributed by atoms with Crippen LogP contribution in [0.2, 0.25) is 0 Å². The third-order valence-corrected chi connectivity index (χ3v) is 4.50. The number of aliphatic carboxylic acids is 1. The molecular formula is C15H25NO3. The molecule has 1 N–H and O–H groups in total. The quantitative estimate of drug-likeness (QED) is 0.776. The lowest BCUT2D eigenvalue weighted by Gasteiger charge is -2.41. The van der Waals surface area contributed by atoms with Crippen molar-refractivity contribution in [1.82, 2.24) is 4.90 Å². The normalized spacial score (nSPS) is 30.1. The molecule has 2 rings (SSSR count). The zero-order chi connectivity index (χ0) is 13.7. The van der Waals surface area contributed by atoms with Gasteiger partial charge in [0.05, 0.1) is 5.41 Å². The fourth-order valence-electron chi connectivity index (χ4n) is 3.38. The number of carboxylic acid groups (broad SMARTS) is 1. The van der Waals surface area contributed by atoms with Crippen LogP contribution in [0.15, 0.2) is 12.7 Å². The average molecular weight is 267 g/mol. The number of hydrogen-bond donors (Lipinski definition) is 1. The van der Waals surface area contributed by atoms with Crippen molar-refractivity contribution < 1.29 is 14.6 Å². The van der Waals surface area contributed by atoms with Gasteiger partial charge in [0.1, 0.15) is 0 Å². The van der Waals surface area contributed by atoms with Crippen molar-refractivity contribution >= 4 is 5.97 Å². The molecule has 19 heavy (non-hydrogen) atoms. The number of carbonyl (C=O) groups is 1. The van der Waals surface area contributed by atoms with Crippen molar-refractivity contribution in [3.8, 4) is 0 Å². The largest absolute Gasteiger partial charge is 0.481 e. The fourth-order valence-corrected chi connectivity index (χ4v) is 3.38. The molecular weight excluding hydrogens is 242 g/mol. The SMILES string of the molecule is C=CC[C@@]1(C(=O)O)CCCN(CC2CCOCC2)C1. The van der Waals surface area contributed by atoms with Gasteiger partial charge in [-0.2, -0.15) is 0 Å². The minimum Gasteiger partial charge on any atom is -0.481 e. The highest BCUT2D eigenvalue weighted by molar-refractivity contribution is 5.75. The molecule has 2 heterocycles. The molecule has 0 amide bonds. The first-order valence-corrected chi connectivity index (χ1v) is 7.31. The molecule has 2 aliphatic rings. The molecule has 2 aliphatic heterocycles. The molecule has 0 bridgehead atoms. The first-order valence-electron chi connectivity index (χ1n) is 7.31. The van der Waals surface area contributed by atoms with E-state index in [9.17, 15) is 9.90 Å². The molecule has 2 fully saturated rings. The average Bonchev–Trinajstić information content (AvgIpc) is 2.40. The van der Waals surface area contributed by atoms with E-state index in [-0.39, 0.29) is 0 Å².